The van der Waals surface area contributed by atoms with Gasteiger partial charge in [-0.3, -0.25) is 4.79 Å². The molecule has 0 saturated heterocycles. The van der Waals surface area contributed by atoms with Crippen molar-refractivity contribution in [2.45, 2.75) is 26.2 Å². The minimum Gasteiger partial charge on any atom is -0.481 e. The standard InChI is InChI=1S/C10H12ClNO2/c1-7-5-8(6-12-10(7)11)3-2-4-9(13)14/h5-6H,2-4H2,1H3,(H,13,14). The molecule has 0 unspecified atom stereocenters. The molecule has 0 atom stereocenters. The molecule has 1 aromatic rings. The van der Waals surface area contributed by atoms with Gasteiger partial charge in [0.15, 0.2) is 0 Å². The second kappa shape index (κ2) is 4.96. The molecule has 1 rings (SSSR count). The van der Waals surface area contributed by atoms with E-state index in [1.165, 1.54) is 0 Å². The van der Waals surface area contributed by atoms with Crippen molar-refractivity contribution in [2.75, 3.05) is 0 Å². The van der Waals surface area contributed by atoms with E-state index < -0.39 is 5.97 Å². The van der Waals surface area contributed by atoms with E-state index in [1.54, 1.807) is 6.20 Å². The Morgan fingerprint density at radius 1 is 1.64 bits per heavy atom. The van der Waals surface area contributed by atoms with Gasteiger partial charge in [-0.25, -0.2) is 4.98 Å². The van der Waals surface area contributed by atoms with E-state index >= 15 is 0 Å². The summed E-state index contributed by atoms with van der Waals surface area (Å²) < 4.78 is 0. The molecule has 3 nitrogen and oxygen atoms in total. The normalized spacial score (nSPS) is 10.1. The quantitative estimate of drug-likeness (QED) is 0.782. The lowest BCUT2D eigenvalue weighted by molar-refractivity contribution is -0.137. The van der Waals surface area contributed by atoms with Crippen LogP contribution >= 0.6 is 11.6 Å². The third kappa shape index (κ3) is 3.34. The average Bonchev–Trinajstić information content (AvgIpc) is 2.10. The van der Waals surface area contributed by atoms with Crippen LogP contribution in [0.5, 0.6) is 0 Å². The topological polar surface area (TPSA) is 50.2 Å². The Balaban J connectivity index is 2.51. The van der Waals surface area contributed by atoms with Crippen LogP contribution in [-0.4, -0.2) is 16.1 Å². The maximum Gasteiger partial charge on any atom is 0.303 e. The Labute approximate surface area is 87.7 Å². The molecule has 1 heterocycles. The van der Waals surface area contributed by atoms with E-state index in [1.807, 2.05) is 13.0 Å². The van der Waals surface area contributed by atoms with E-state index in [9.17, 15) is 4.79 Å². The lowest BCUT2D eigenvalue weighted by Crippen LogP contribution is -1.96. The van der Waals surface area contributed by atoms with Crippen molar-refractivity contribution < 1.29 is 9.90 Å². The van der Waals surface area contributed by atoms with Crippen LogP contribution in [0.4, 0.5) is 0 Å². The molecule has 76 valence electrons. The predicted octanol–water partition coefficient (Wildman–Crippen LogP) is 2.45. The van der Waals surface area contributed by atoms with E-state index in [4.69, 9.17) is 16.7 Å². The van der Waals surface area contributed by atoms with E-state index in [2.05, 4.69) is 4.98 Å². The highest BCUT2D eigenvalue weighted by Gasteiger charge is 2.01. The first-order chi connectivity index (χ1) is 6.59. The highest BCUT2D eigenvalue weighted by molar-refractivity contribution is 6.30. The molecular weight excluding hydrogens is 202 g/mol. The molecule has 0 spiro atoms. The van der Waals surface area contributed by atoms with Crippen molar-refractivity contribution in [3.63, 3.8) is 0 Å². The molecule has 0 aliphatic rings. The number of halogens is 1. The molecule has 0 fully saturated rings. The summed E-state index contributed by atoms with van der Waals surface area (Å²) in [5.41, 5.74) is 1.97. The number of carboxylic acid groups (broad SMARTS) is 1. The molecule has 0 aliphatic carbocycles. The molecule has 1 N–H and O–H groups in total. The maximum absolute atomic E-state index is 10.3. The minimum atomic E-state index is -0.761. The van der Waals surface area contributed by atoms with Gasteiger partial charge < -0.3 is 5.11 Å². The zero-order valence-corrected chi connectivity index (χ0v) is 8.71. The van der Waals surface area contributed by atoms with E-state index in [-0.39, 0.29) is 6.42 Å². The van der Waals surface area contributed by atoms with Gasteiger partial charge in [-0.05, 0) is 30.9 Å². The first kappa shape index (κ1) is 11.0. The van der Waals surface area contributed by atoms with Crippen LogP contribution in [0.1, 0.15) is 24.0 Å². The largest absolute Gasteiger partial charge is 0.481 e. The number of nitrogens with zero attached hydrogens (tertiary/aromatic N) is 1. The molecular formula is C10H12ClNO2. The summed E-state index contributed by atoms with van der Waals surface area (Å²) in [7, 11) is 0. The van der Waals surface area contributed by atoms with Gasteiger partial charge >= 0.3 is 5.97 Å². The lowest BCUT2D eigenvalue weighted by atomic mass is 10.1. The molecule has 14 heavy (non-hydrogen) atoms. The Kier molecular flexibility index (Phi) is 3.89. The number of aromatic nitrogens is 1. The van der Waals surface area contributed by atoms with Gasteiger partial charge in [0.25, 0.3) is 0 Å². The van der Waals surface area contributed by atoms with Gasteiger partial charge in [-0.1, -0.05) is 17.7 Å². The smallest absolute Gasteiger partial charge is 0.303 e. The van der Waals surface area contributed by atoms with E-state index in [0.717, 1.165) is 17.5 Å². The third-order valence-electron chi connectivity index (χ3n) is 1.93. The number of pyridine rings is 1. The molecule has 0 aromatic carbocycles. The summed E-state index contributed by atoms with van der Waals surface area (Å²) in [5, 5.41) is 8.96. The van der Waals surface area contributed by atoms with Crippen LogP contribution in [0.25, 0.3) is 0 Å². The van der Waals surface area contributed by atoms with Gasteiger partial charge in [0.1, 0.15) is 5.15 Å². The Hall–Kier alpha value is -1.09. The highest BCUT2D eigenvalue weighted by Crippen LogP contribution is 2.14. The predicted molar refractivity (Wildman–Crippen MR) is 54.6 cm³/mol. The Morgan fingerprint density at radius 2 is 2.36 bits per heavy atom. The van der Waals surface area contributed by atoms with Crippen molar-refractivity contribution >= 4 is 17.6 Å². The Morgan fingerprint density at radius 3 is 2.93 bits per heavy atom. The van der Waals surface area contributed by atoms with Crippen LogP contribution in [0, 0.1) is 6.92 Å². The number of hydrogen-bond donors (Lipinski definition) is 1. The van der Waals surface area contributed by atoms with Crippen molar-refractivity contribution in [2.24, 2.45) is 0 Å². The van der Waals surface area contributed by atoms with Crippen LogP contribution in [0.15, 0.2) is 12.3 Å². The number of aryl methyl sites for hydroxylation is 2. The second-order valence-corrected chi connectivity index (χ2v) is 3.56. The van der Waals surface area contributed by atoms with Crippen molar-refractivity contribution in [1.29, 1.82) is 0 Å². The number of aliphatic carboxylic acids is 1. The number of rotatable bonds is 4. The van der Waals surface area contributed by atoms with Crippen molar-refractivity contribution in [3.8, 4) is 0 Å². The van der Waals surface area contributed by atoms with Crippen LogP contribution < -0.4 is 0 Å². The lowest BCUT2D eigenvalue weighted by Gasteiger charge is -2.01. The second-order valence-electron chi connectivity index (χ2n) is 3.20. The summed E-state index contributed by atoms with van der Waals surface area (Å²) >= 11 is 5.76. The Bertz CT molecular complexity index is 339. The molecule has 0 saturated carbocycles. The van der Waals surface area contributed by atoms with Crippen molar-refractivity contribution in [1.82, 2.24) is 4.98 Å². The van der Waals surface area contributed by atoms with Crippen molar-refractivity contribution in [3.05, 3.63) is 28.5 Å². The third-order valence-corrected chi connectivity index (χ3v) is 2.32. The fourth-order valence-corrected chi connectivity index (χ4v) is 1.30. The summed E-state index contributed by atoms with van der Waals surface area (Å²) in [5.74, 6) is -0.761. The maximum atomic E-state index is 10.3. The molecule has 0 radical (unpaired) electrons. The summed E-state index contributed by atoms with van der Waals surface area (Å²) in [6, 6.07) is 1.94. The zero-order valence-electron chi connectivity index (χ0n) is 7.96. The van der Waals surface area contributed by atoms with Gasteiger partial charge in [0.05, 0.1) is 0 Å². The number of carbonyl (C=O) groups is 1. The summed E-state index contributed by atoms with van der Waals surface area (Å²) in [6.45, 7) is 1.88. The first-order valence-electron chi connectivity index (χ1n) is 4.42. The van der Waals surface area contributed by atoms with Gasteiger partial charge in [0, 0.05) is 12.6 Å². The minimum absolute atomic E-state index is 0.196. The van der Waals surface area contributed by atoms with Crippen LogP contribution in [0.3, 0.4) is 0 Å². The number of hydrogen-bond acceptors (Lipinski definition) is 2. The van der Waals surface area contributed by atoms with Crippen LogP contribution in [0.2, 0.25) is 5.15 Å². The molecule has 0 aliphatic heterocycles. The summed E-state index contributed by atoms with van der Waals surface area (Å²) in [4.78, 5) is 14.3. The van der Waals surface area contributed by atoms with Gasteiger partial charge in [-0.2, -0.15) is 0 Å². The molecule has 4 heteroatoms. The first-order valence-corrected chi connectivity index (χ1v) is 4.80. The van der Waals surface area contributed by atoms with Gasteiger partial charge in [-0.15, -0.1) is 0 Å². The molecule has 0 bridgehead atoms. The monoisotopic (exact) mass is 213 g/mol. The average molecular weight is 214 g/mol. The zero-order chi connectivity index (χ0) is 10.6. The van der Waals surface area contributed by atoms with Crippen LogP contribution in [-0.2, 0) is 11.2 Å². The van der Waals surface area contributed by atoms with E-state index in [0.29, 0.717) is 11.6 Å². The number of carboxylic acids is 1. The highest BCUT2D eigenvalue weighted by atomic mass is 35.5. The summed E-state index contributed by atoms with van der Waals surface area (Å²) in [6.07, 6.45) is 3.26. The fourth-order valence-electron chi connectivity index (χ4n) is 1.20. The molecule has 0 amide bonds. The molecule has 1 aromatic heterocycles. The van der Waals surface area contributed by atoms with Gasteiger partial charge in [0.2, 0.25) is 0 Å². The SMILES string of the molecule is Cc1cc(CCCC(=O)O)cnc1Cl. The fraction of sp³-hybridized carbons (Fsp3) is 0.400.